The van der Waals surface area contributed by atoms with Crippen molar-refractivity contribution in [2.24, 2.45) is 5.92 Å². The van der Waals surface area contributed by atoms with E-state index in [1.54, 1.807) is 34.6 Å². The van der Waals surface area contributed by atoms with Gasteiger partial charge < -0.3 is 9.32 Å². The van der Waals surface area contributed by atoms with Crippen LogP contribution in [0.2, 0.25) is 5.02 Å². The summed E-state index contributed by atoms with van der Waals surface area (Å²) in [5.74, 6) is 0.549. The van der Waals surface area contributed by atoms with E-state index in [1.165, 1.54) is 16.4 Å². The lowest BCUT2D eigenvalue weighted by atomic mass is 9.96. The molecular weight excluding hydrogens is 456 g/mol. The standard InChI is InChI=1S/C22H23ClN2O4S2/c23-18-5-7-21(8-6-18)31(27,28)25-11-9-17(10-12-25)22(26)24(15-19-3-1-13-29-19)16-20-4-2-14-30-20/h1-8,13-14,17H,9-12,15-16H2. The molecule has 2 aromatic heterocycles. The molecule has 1 fully saturated rings. The number of halogens is 1. The van der Waals surface area contributed by atoms with Gasteiger partial charge in [-0.15, -0.1) is 11.3 Å². The van der Waals surface area contributed by atoms with Gasteiger partial charge in [-0.25, -0.2) is 8.42 Å². The summed E-state index contributed by atoms with van der Waals surface area (Å²) in [6.07, 6.45) is 2.58. The molecule has 3 aromatic rings. The second-order valence-electron chi connectivity index (χ2n) is 7.49. The van der Waals surface area contributed by atoms with Gasteiger partial charge in [-0.2, -0.15) is 4.31 Å². The molecule has 1 saturated heterocycles. The number of hydrogen-bond donors (Lipinski definition) is 0. The van der Waals surface area contributed by atoms with Crippen LogP contribution in [0.15, 0.2) is 69.5 Å². The Labute approximate surface area is 191 Å². The van der Waals surface area contributed by atoms with Crippen LogP contribution in [0.4, 0.5) is 0 Å². The number of sulfonamides is 1. The molecule has 9 heteroatoms. The molecule has 0 unspecified atom stereocenters. The summed E-state index contributed by atoms with van der Waals surface area (Å²) in [5.41, 5.74) is 0. The third-order valence-corrected chi connectivity index (χ3v) is 8.45. The highest BCUT2D eigenvalue weighted by Crippen LogP contribution is 2.27. The van der Waals surface area contributed by atoms with E-state index in [1.807, 2.05) is 29.6 Å². The van der Waals surface area contributed by atoms with Gasteiger partial charge in [-0.3, -0.25) is 4.79 Å². The molecule has 0 atom stereocenters. The van der Waals surface area contributed by atoms with Crippen LogP contribution < -0.4 is 0 Å². The monoisotopic (exact) mass is 478 g/mol. The first-order valence-electron chi connectivity index (χ1n) is 10.0. The number of benzene rings is 1. The number of carbonyl (C=O) groups excluding carboxylic acids is 1. The molecule has 4 rings (SSSR count). The van der Waals surface area contributed by atoms with Gasteiger partial charge in [0.2, 0.25) is 15.9 Å². The number of thiophene rings is 1. The third-order valence-electron chi connectivity index (χ3n) is 5.42. The van der Waals surface area contributed by atoms with Crippen molar-refractivity contribution in [1.82, 2.24) is 9.21 Å². The van der Waals surface area contributed by atoms with Crippen molar-refractivity contribution < 1.29 is 17.6 Å². The molecule has 0 bridgehead atoms. The fraction of sp³-hybridized carbons (Fsp3) is 0.318. The maximum atomic E-state index is 13.3. The van der Waals surface area contributed by atoms with Crippen molar-refractivity contribution in [1.29, 1.82) is 0 Å². The lowest BCUT2D eigenvalue weighted by molar-refractivity contribution is -0.138. The minimum atomic E-state index is -3.59. The maximum Gasteiger partial charge on any atom is 0.243 e. The van der Waals surface area contributed by atoms with Gasteiger partial charge >= 0.3 is 0 Å². The normalized spacial score (nSPS) is 15.8. The Morgan fingerprint density at radius 2 is 1.84 bits per heavy atom. The van der Waals surface area contributed by atoms with Crippen molar-refractivity contribution in [3.8, 4) is 0 Å². The highest BCUT2D eigenvalue weighted by atomic mass is 35.5. The average Bonchev–Trinajstić information content (AvgIpc) is 3.48. The van der Waals surface area contributed by atoms with Gasteiger partial charge in [0, 0.05) is 28.9 Å². The first-order valence-corrected chi connectivity index (χ1v) is 12.7. The van der Waals surface area contributed by atoms with E-state index in [0.717, 1.165) is 10.6 Å². The van der Waals surface area contributed by atoms with Gasteiger partial charge in [-0.1, -0.05) is 17.7 Å². The zero-order valence-corrected chi connectivity index (χ0v) is 19.2. The highest BCUT2D eigenvalue weighted by molar-refractivity contribution is 7.89. The molecular formula is C22H23ClN2O4S2. The lowest BCUT2D eigenvalue weighted by Gasteiger charge is -2.33. The second-order valence-corrected chi connectivity index (χ2v) is 10.9. The fourth-order valence-electron chi connectivity index (χ4n) is 3.75. The number of piperidine rings is 1. The molecule has 1 aromatic carbocycles. The van der Waals surface area contributed by atoms with Crippen molar-refractivity contribution in [3.63, 3.8) is 0 Å². The molecule has 0 aliphatic carbocycles. The summed E-state index contributed by atoms with van der Waals surface area (Å²) in [5, 5.41) is 2.48. The van der Waals surface area contributed by atoms with Crippen LogP contribution in [0.5, 0.6) is 0 Å². The highest BCUT2D eigenvalue weighted by Gasteiger charge is 2.34. The van der Waals surface area contributed by atoms with Crippen LogP contribution in [0, 0.1) is 5.92 Å². The van der Waals surface area contributed by atoms with Gasteiger partial charge in [0.15, 0.2) is 0 Å². The summed E-state index contributed by atoms with van der Waals surface area (Å²) in [4.78, 5) is 16.4. The fourth-order valence-corrected chi connectivity index (χ4v) is 6.07. The molecule has 0 saturated carbocycles. The zero-order valence-electron chi connectivity index (χ0n) is 16.8. The molecule has 3 heterocycles. The van der Waals surface area contributed by atoms with Gasteiger partial charge in [0.1, 0.15) is 5.76 Å². The summed E-state index contributed by atoms with van der Waals surface area (Å²) in [7, 11) is -3.59. The SMILES string of the molecule is O=C(C1CCN(S(=O)(=O)c2ccc(Cl)cc2)CC1)N(Cc1ccco1)Cc1cccs1. The Kier molecular flexibility index (Phi) is 6.81. The van der Waals surface area contributed by atoms with Gasteiger partial charge in [0.05, 0.1) is 24.2 Å². The van der Waals surface area contributed by atoms with Crippen LogP contribution in [0.1, 0.15) is 23.5 Å². The van der Waals surface area contributed by atoms with Crippen LogP contribution >= 0.6 is 22.9 Å². The van der Waals surface area contributed by atoms with E-state index in [2.05, 4.69) is 0 Å². The van der Waals surface area contributed by atoms with E-state index in [0.29, 0.717) is 44.0 Å². The number of rotatable bonds is 7. The summed E-state index contributed by atoms with van der Waals surface area (Å²) < 4.78 is 32.7. The molecule has 6 nitrogen and oxygen atoms in total. The minimum absolute atomic E-state index is 0.0355. The van der Waals surface area contributed by atoms with E-state index in [4.69, 9.17) is 16.0 Å². The maximum absolute atomic E-state index is 13.3. The van der Waals surface area contributed by atoms with Crippen LogP contribution in [0.25, 0.3) is 0 Å². The smallest absolute Gasteiger partial charge is 0.243 e. The number of amides is 1. The Morgan fingerprint density at radius 1 is 1.10 bits per heavy atom. The number of carbonyl (C=O) groups is 1. The van der Waals surface area contributed by atoms with Gasteiger partial charge in [0.25, 0.3) is 0 Å². The molecule has 0 radical (unpaired) electrons. The van der Waals surface area contributed by atoms with Crippen molar-refractivity contribution in [2.75, 3.05) is 13.1 Å². The number of hydrogen-bond acceptors (Lipinski definition) is 5. The Morgan fingerprint density at radius 3 is 2.45 bits per heavy atom. The quantitative estimate of drug-likeness (QED) is 0.496. The molecule has 0 N–H and O–H groups in total. The lowest BCUT2D eigenvalue weighted by Crippen LogP contribution is -2.44. The largest absolute Gasteiger partial charge is 0.467 e. The second kappa shape index (κ2) is 9.56. The first-order chi connectivity index (χ1) is 14.9. The molecule has 164 valence electrons. The summed E-state index contributed by atoms with van der Waals surface area (Å²) >= 11 is 7.48. The number of nitrogens with zero attached hydrogens (tertiary/aromatic N) is 2. The van der Waals surface area contributed by atoms with E-state index >= 15 is 0 Å². The van der Waals surface area contributed by atoms with E-state index in [9.17, 15) is 13.2 Å². The zero-order chi connectivity index (χ0) is 21.8. The average molecular weight is 479 g/mol. The predicted molar refractivity (Wildman–Crippen MR) is 120 cm³/mol. The van der Waals surface area contributed by atoms with Crippen molar-refractivity contribution >= 4 is 38.9 Å². The first kappa shape index (κ1) is 22.1. The Bertz CT molecular complexity index is 1050. The van der Waals surface area contributed by atoms with E-state index < -0.39 is 10.0 Å². The molecule has 1 aliphatic rings. The van der Waals surface area contributed by atoms with Crippen LogP contribution in [-0.2, 0) is 27.9 Å². The van der Waals surface area contributed by atoms with Crippen molar-refractivity contribution in [2.45, 2.75) is 30.8 Å². The molecule has 1 amide bonds. The van der Waals surface area contributed by atoms with E-state index in [-0.39, 0.29) is 16.7 Å². The summed E-state index contributed by atoms with van der Waals surface area (Å²) in [6.45, 7) is 1.54. The minimum Gasteiger partial charge on any atom is -0.467 e. The number of furan rings is 1. The molecule has 0 spiro atoms. The van der Waals surface area contributed by atoms with Crippen LogP contribution in [-0.4, -0.2) is 36.6 Å². The van der Waals surface area contributed by atoms with Gasteiger partial charge in [-0.05, 0) is 60.7 Å². The topological polar surface area (TPSA) is 70.8 Å². The summed E-state index contributed by atoms with van der Waals surface area (Å²) in [6, 6.07) is 13.8. The third kappa shape index (κ3) is 5.20. The molecule has 1 aliphatic heterocycles. The molecule has 31 heavy (non-hydrogen) atoms. The van der Waals surface area contributed by atoms with Crippen LogP contribution in [0.3, 0.4) is 0 Å². The van der Waals surface area contributed by atoms with Crippen molar-refractivity contribution in [3.05, 3.63) is 75.8 Å². The predicted octanol–water partition coefficient (Wildman–Crippen LogP) is 4.62. The Balaban J connectivity index is 1.43. The Hall–Kier alpha value is -2.13.